The Labute approximate surface area is 121 Å². The minimum absolute atomic E-state index is 0.355. The summed E-state index contributed by atoms with van der Waals surface area (Å²) in [5, 5.41) is 0.552. The molecule has 0 amide bonds. The number of hydrogen-bond acceptors (Lipinski definition) is 6. The number of methoxy groups -OCH3 is 2. The van der Waals surface area contributed by atoms with Crippen molar-refractivity contribution in [3.63, 3.8) is 0 Å². The summed E-state index contributed by atoms with van der Waals surface area (Å²) in [5.74, 6) is 0.314. The molecule has 0 saturated carbocycles. The number of pyridine rings is 1. The fourth-order valence-corrected chi connectivity index (χ4v) is 2.41. The third kappa shape index (κ3) is 3.21. The Morgan fingerprint density at radius 3 is 2.55 bits per heavy atom. The fourth-order valence-electron chi connectivity index (χ4n) is 1.56. The van der Waals surface area contributed by atoms with Crippen LogP contribution < -0.4 is 10.5 Å². The number of ether oxygens (including phenoxy) is 2. The predicted molar refractivity (Wildman–Crippen MR) is 77.1 cm³/mol. The monoisotopic (exact) mass is 290 g/mol. The summed E-state index contributed by atoms with van der Waals surface area (Å²) in [6.07, 6.45) is 1.51. The third-order valence-corrected chi connectivity index (χ3v) is 3.58. The largest absolute Gasteiger partial charge is 0.497 e. The molecule has 6 heteroatoms. The second-order valence-electron chi connectivity index (χ2n) is 3.89. The van der Waals surface area contributed by atoms with E-state index < -0.39 is 5.97 Å². The second-order valence-corrected chi connectivity index (χ2v) is 4.95. The second kappa shape index (κ2) is 6.29. The summed E-state index contributed by atoms with van der Waals surface area (Å²) >= 11 is 1.36. The van der Waals surface area contributed by atoms with Crippen molar-refractivity contribution in [1.82, 2.24) is 4.98 Å². The third-order valence-electron chi connectivity index (χ3n) is 2.55. The van der Waals surface area contributed by atoms with Crippen LogP contribution in [-0.2, 0) is 4.74 Å². The highest BCUT2D eigenvalue weighted by molar-refractivity contribution is 7.99. The molecule has 0 saturated heterocycles. The Balaban J connectivity index is 2.30. The molecule has 0 radical (unpaired) electrons. The summed E-state index contributed by atoms with van der Waals surface area (Å²) < 4.78 is 9.84. The van der Waals surface area contributed by atoms with Gasteiger partial charge in [-0.1, -0.05) is 11.8 Å². The van der Waals surface area contributed by atoms with Crippen LogP contribution in [-0.4, -0.2) is 25.2 Å². The molecule has 0 fully saturated rings. The Hall–Kier alpha value is -2.21. The van der Waals surface area contributed by atoms with Gasteiger partial charge in [-0.25, -0.2) is 9.78 Å². The van der Waals surface area contributed by atoms with Crippen LogP contribution in [0.2, 0.25) is 0 Å². The van der Waals surface area contributed by atoms with Gasteiger partial charge in [-0.05, 0) is 30.3 Å². The summed E-state index contributed by atoms with van der Waals surface area (Å²) in [4.78, 5) is 16.9. The first-order chi connectivity index (χ1) is 9.63. The average molecular weight is 290 g/mol. The van der Waals surface area contributed by atoms with E-state index in [2.05, 4.69) is 4.98 Å². The summed E-state index contributed by atoms with van der Waals surface area (Å²) in [5.41, 5.74) is 6.43. The number of aromatic nitrogens is 1. The Morgan fingerprint density at radius 2 is 1.95 bits per heavy atom. The molecule has 1 aromatic carbocycles. The quantitative estimate of drug-likeness (QED) is 0.872. The van der Waals surface area contributed by atoms with Crippen LogP contribution in [0.5, 0.6) is 5.75 Å². The molecular formula is C14H14N2O3S. The van der Waals surface area contributed by atoms with Gasteiger partial charge in [-0.15, -0.1) is 0 Å². The van der Waals surface area contributed by atoms with Gasteiger partial charge in [0.25, 0.3) is 0 Å². The van der Waals surface area contributed by atoms with Gasteiger partial charge in [0, 0.05) is 4.90 Å². The van der Waals surface area contributed by atoms with Crippen LogP contribution in [0.3, 0.4) is 0 Å². The molecule has 1 heterocycles. The van der Waals surface area contributed by atoms with Gasteiger partial charge in [-0.2, -0.15) is 0 Å². The highest BCUT2D eigenvalue weighted by Crippen LogP contribution is 2.31. The first kappa shape index (κ1) is 14.2. The normalized spacial score (nSPS) is 10.1. The van der Waals surface area contributed by atoms with E-state index in [-0.39, 0.29) is 0 Å². The lowest BCUT2D eigenvalue weighted by molar-refractivity contribution is 0.0596. The number of benzene rings is 1. The van der Waals surface area contributed by atoms with Crippen LogP contribution in [0.4, 0.5) is 5.69 Å². The van der Waals surface area contributed by atoms with Crippen molar-refractivity contribution in [2.45, 2.75) is 9.92 Å². The van der Waals surface area contributed by atoms with Crippen molar-refractivity contribution in [2.75, 3.05) is 20.0 Å². The molecule has 2 N–H and O–H groups in total. The van der Waals surface area contributed by atoms with Crippen LogP contribution >= 0.6 is 11.8 Å². The number of anilines is 1. The molecule has 104 valence electrons. The van der Waals surface area contributed by atoms with Crippen molar-refractivity contribution in [1.29, 1.82) is 0 Å². The lowest BCUT2D eigenvalue weighted by Gasteiger charge is -2.08. The van der Waals surface area contributed by atoms with Gasteiger partial charge in [0.05, 0.1) is 31.7 Å². The Morgan fingerprint density at radius 1 is 1.25 bits per heavy atom. The molecule has 2 rings (SSSR count). The van der Waals surface area contributed by atoms with Gasteiger partial charge < -0.3 is 15.2 Å². The van der Waals surface area contributed by atoms with Crippen LogP contribution in [0, 0.1) is 0 Å². The fraction of sp³-hybridized carbons (Fsp3) is 0.143. The molecule has 2 aromatic rings. The molecule has 0 atom stereocenters. The van der Waals surface area contributed by atoms with Gasteiger partial charge >= 0.3 is 5.97 Å². The van der Waals surface area contributed by atoms with E-state index in [1.165, 1.54) is 25.1 Å². The number of nitrogens with two attached hydrogens (primary N) is 1. The number of hydrogen-bond donors (Lipinski definition) is 1. The lowest BCUT2D eigenvalue weighted by atomic mass is 10.3. The lowest BCUT2D eigenvalue weighted by Crippen LogP contribution is -2.05. The predicted octanol–water partition coefficient (Wildman–Crippen LogP) is 2.61. The van der Waals surface area contributed by atoms with Gasteiger partial charge in [-0.3, -0.25) is 0 Å². The van der Waals surface area contributed by atoms with Crippen molar-refractivity contribution in [2.24, 2.45) is 0 Å². The molecular weight excluding hydrogens is 276 g/mol. The van der Waals surface area contributed by atoms with Gasteiger partial charge in [0.15, 0.2) is 0 Å². The molecule has 0 aliphatic carbocycles. The van der Waals surface area contributed by atoms with E-state index in [4.69, 9.17) is 15.2 Å². The van der Waals surface area contributed by atoms with E-state index in [0.29, 0.717) is 16.3 Å². The topological polar surface area (TPSA) is 74.4 Å². The molecule has 0 unspecified atom stereocenters. The molecule has 0 bridgehead atoms. The van der Waals surface area contributed by atoms with Crippen LogP contribution in [0.25, 0.3) is 0 Å². The van der Waals surface area contributed by atoms with Gasteiger partial charge in [0.2, 0.25) is 0 Å². The number of nitrogens with zero attached hydrogens (tertiary/aromatic N) is 1. The Bertz CT molecular complexity index is 614. The maximum Gasteiger partial charge on any atom is 0.340 e. The first-order valence-corrected chi connectivity index (χ1v) is 6.61. The van der Waals surface area contributed by atoms with E-state index in [1.54, 1.807) is 13.2 Å². The van der Waals surface area contributed by atoms with E-state index in [0.717, 1.165) is 10.6 Å². The summed E-state index contributed by atoms with van der Waals surface area (Å²) in [6, 6.07) is 9.03. The molecule has 5 nitrogen and oxygen atoms in total. The zero-order valence-electron chi connectivity index (χ0n) is 11.1. The summed E-state index contributed by atoms with van der Waals surface area (Å²) in [7, 11) is 2.94. The van der Waals surface area contributed by atoms with Crippen LogP contribution in [0.1, 0.15) is 10.4 Å². The van der Waals surface area contributed by atoms with Crippen LogP contribution in [0.15, 0.2) is 46.5 Å². The Kier molecular flexibility index (Phi) is 4.47. The van der Waals surface area contributed by atoms with Crippen molar-refractivity contribution < 1.29 is 14.3 Å². The number of carbonyl (C=O) groups is 1. The van der Waals surface area contributed by atoms with Crippen molar-refractivity contribution >= 4 is 23.4 Å². The zero-order chi connectivity index (χ0) is 14.5. The zero-order valence-corrected chi connectivity index (χ0v) is 11.9. The number of esters is 1. The standard InChI is InChI=1S/C14H14N2O3S/c1-18-10-3-5-11(6-4-10)20-13-12(14(17)19-2)7-9(15)8-16-13/h3-8H,15H2,1-2H3. The maximum atomic E-state index is 11.7. The highest BCUT2D eigenvalue weighted by Gasteiger charge is 2.15. The number of rotatable bonds is 4. The average Bonchev–Trinajstić information content (AvgIpc) is 2.49. The van der Waals surface area contributed by atoms with E-state index in [9.17, 15) is 4.79 Å². The molecule has 20 heavy (non-hydrogen) atoms. The molecule has 0 spiro atoms. The van der Waals surface area contributed by atoms with Crippen molar-refractivity contribution in [3.05, 3.63) is 42.1 Å². The van der Waals surface area contributed by atoms with E-state index >= 15 is 0 Å². The minimum atomic E-state index is -0.458. The SMILES string of the molecule is COC(=O)c1cc(N)cnc1Sc1ccc(OC)cc1. The summed E-state index contributed by atoms with van der Waals surface area (Å²) in [6.45, 7) is 0. The van der Waals surface area contributed by atoms with Gasteiger partial charge in [0.1, 0.15) is 10.8 Å². The smallest absolute Gasteiger partial charge is 0.340 e. The van der Waals surface area contributed by atoms with Crippen molar-refractivity contribution in [3.8, 4) is 5.75 Å². The first-order valence-electron chi connectivity index (χ1n) is 5.79. The molecule has 0 aliphatic heterocycles. The number of nitrogen functional groups attached to an aromatic ring is 1. The minimum Gasteiger partial charge on any atom is -0.497 e. The maximum absolute atomic E-state index is 11.7. The highest BCUT2D eigenvalue weighted by atomic mass is 32.2. The van der Waals surface area contributed by atoms with E-state index in [1.807, 2.05) is 24.3 Å². The molecule has 0 aliphatic rings. The number of carbonyl (C=O) groups excluding carboxylic acids is 1. The molecule has 1 aromatic heterocycles.